The zero-order valence-corrected chi connectivity index (χ0v) is 7.53. The van der Waals surface area contributed by atoms with Gasteiger partial charge in [-0.1, -0.05) is 0 Å². The molecule has 0 aromatic carbocycles. The lowest BCUT2D eigenvalue weighted by Crippen LogP contribution is -2.51. The first-order valence-corrected chi connectivity index (χ1v) is 4.70. The predicted octanol–water partition coefficient (Wildman–Crippen LogP) is -0.0336. The minimum atomic E-state index is -0.779. The van der Waals surface area contributed by atoms with E-state index in [0.717, 1.165) is 12.8 Å². The van der Waals surface area contributed by atoms with E-state index >= 15 is 0 Å². The third-order valence-electron chi connectivity index (χ3n) is 3.51. The SMILES string of the molecule is CN1C2CC[C@@H]1C[C@@](O)(CO)C2. The van der Waals surface area contributed by atoms with Crippen LogP contribution in [0.4, 0.5) is 0 Å². The first-order valence-electron chi connectivity index (χ1n) is 4.70. The number of piperidine rings is 1. The molecule has 0 radical (unpaired) electrons. The summed E-state index contributed by atoms with van der Waals surface area (Å²) >= 11 is 0. The number of nitrogens with zero attached hydrogens (tertiary/aromatic N) is 1. The normalized spacial score (nSPS) is 48.2. The van der Waals surface area contributed by atoms with Crippen molar-refractivity contribution < 1.29 is 10.2 Å². The number of hydrogen-bond donors (Lipinski definition) is 2. The molecule has 70 valence electrons. The molecular weight excluding hydrogens is 154 g/mol. The Morgan fingerprint density at radius 2 is 1.83 bits per heavy atom. The van der Waals surface area contributed by atoms with Crippen LogP contribution in [0.1, 0.15) is 25.7 Å². The average molecular weight is 171 g/mol. The zero-order valence-electron chi connectivity index (χ0n) is 7.53. The fourth-order valence-electron chi connectivity index (χ4n) is 2.67. The maximum absolute atomic E-state index is 9.90. The highest BCUT2D eigenvalue weighted by atomic mass is 16.3. The summed E-state index contributed by atoms with van der Waals surface area (Å²) < 4.78 is 0. The Hall–Kier alpha value is -0.120. The van der Waals surface area contributed by atoms with Crippen molar-refractivity contribution in [1.82, 2.24) is 4.90 Å². The van der Waals surface area contributed by atoms with Crippen LogP contribution in [0, 0.1) is 0 Å². The van der Waals surface area contributed by atoms with Gasteiger partial charge in [0.15, 0.2) is 0 Å². The Balaban J connectivity index is 2.12. The Morgan fingerprint density at radius 3 is 2.25 bits per heavy atom. The Labute approximate surface area is 73.0 Å². The second-order valence-corrected chi connectivity index (χ2v) is 4.34. The first kappa shape index (κ1) is 8.48. The predicted molar refractivity (Wildman–Crippen MR) is 45.8 cm³/mol. The fraction of sp³-hybridized carbons (Fsp3) is 1.00. The number of hydrogen-bond acceptors (Lipinski definition) is 3. The van der Waals surface area contributed by atoms with Crippen LogP contribution < -0.4 is 0 Å². The molecule has 3 nitrogen and oxygen atoms in total. The molecule has 2 heterocycles. The van der Waals surface area contributed by atoms with Gasteiger partial charge in [-0.2, -0.15) is 0 Å². The van der Waals surface area contributed by atoms with Crippen LogP contribution in [0.2, 0.25) is 0 Å². The second kappa shape index (κ2) is 2.69. The van der Waals surface area contributed by atoms with Crippen LogP contribution in [0.5, 0.6) is 0 Å². The molecule has 2 aliphatic rings. The van der Waals surface area contributed by atoms with Crippen molar-refractivity contribution >= 4 is 0 Å². The topological polar surface area (TPSA) is 43.7 Å². The van der Waals surface area contributed by atoms with Gasteiger partial charge in [0.1, 0.15) is 0 Å². The van der Waals surface area contributed by atoms with E-state index in [1.807, 2.05) is 0 Å². The van der Waals surface area contributed by atoms with Gasteiger partial charge in [0.2, 0.25) is 0 Å². The maximum atomic E-state index is 9.90. The summed E-state index contributed by atoms with van der Waals surface area (Å²) in [4.78, 5) is 2.35. The smallest absolute Gasteiger partial charge is 0.0907 e. The molecule has 2 bridgehead atoms. The van der Waals surface area contributed by atoms with E-state index in [2.05, 4.69) is 11.9 Å². The minimum Gasteiger partial charge on any atom is -0.393 e. The van der Waals surface area contributed by atoms with Crippen LogP contribution in [-0.4, -0.2) is 46.5 Å². The van der Waals surface area contributed by atoms with Crippen LogP contribution >= 0.6 is 0 Å². The van der Waals surface area contributed by atoms with E-state index in [-0.39, 0.29) is 6.61 Å². The molecule has 2 saturated heterocycles. The fourth-order valence-corrected chi connectivity index (χ4v) is 2.67. The number of fused-ring (bicyclic) bond motifs is 2. The standard InChI is InChI=1S/C9H17NO2/c1-10-7-2-3-8(10)5-9(12,4-7)6-11/h7-8,11-12H,2-6H2,1H3/t7-,8?,9+/m1/s1. The van der Waals surface area contributed by atoms with E-state index < -0.39 is 5.60 Å². The molecule has 0 amide bonds. The van der Waals surface area contributed by atoms with Gasteiger partial charge in [-0.25, -0.2) is 0 Å². The van der Waals surface area contributed by atoms with Crippen molar-refractivity contribution in [3.63, 3.8) is 0 Å². The van der Waals surface area contributed by atoms with E-state index in [0.29, 0.717) is 12.1 Å². The lowest BCUT2D eigenvalue weighted by atomic mass is 9.87. The van der Waals surface area contributed by atoms with Crippen molar-refractivity contribution in [2.24, 2.45) is 0 Å². The van der Waals surface area contributed by atoms with Crippen molar-refractivity contribution in [3.05, 3.63) is 0 Å². The Kier molecular flexibility index (Phi) is 1.90. The van der Waals surface area contributed by atoms with Gasteiger partial charge in [0.25, 0.3) is 0 Å². The van der Waals surface area contributed by atoms with E-state index in [1.165, 1.54) is 12.8 Å². The van der Waals surface area contributed by atoms with Crippen molar-refractivity contribution in [3.8, 4) is 0 Å². The van der Waals surface area contributed by atoms with Gasteiger partial charge >= 0.3 is 0 Å². The van der Waals surface area contributed by atoms with Crippen molar-refractivity contribution in [1.29, 1.82) is 0 Å². The zero-order chi connectivity index (χ0) is 8.77. The molecule has 1 unspecified atom stereocenters. The molecule has 0 aliphatic carbocycles. The second-order valence-electron chi connectivity index (χ2n) is 4.34. The molecule has 0 spiro atoms. The largest absolute Gasteiger partial charge is 0.393 e. The van der Waals surface area contributed by atoms with Gasteiger partial charge in [-0.15, -0.1) is 0 Å². The monoisotopic (exact) mass is 171 g/mol. The molecule has 2 rings (SSSR count). The van der Waals surface area contributed by atoms with Crippen LogP contribution in [-0.2, 0) is 0 Å². The number of rotatable bonds is 1. The van der Waals surface area contributed by atoms with E-state index in [1.54, 1.807) is 0 Å². The van der Waals surface area contributed by atoms with Crippen molar-refractivity contribution in [2.45, 2.75) is 43.4 Å². The van der Waals surface area contributed by atoms with Gasteiger partial charge in [-0.3, -0.25) is 0 Å². The van der Waals surface area contributed by atoms with E-state index in [9.17, 15) is 5.11 Å². The molecule has 2 fully saturated rings. The third-order valence-corrected chi connectivity index (χ3v) is 3.51. The lowest BCUT2D eigenvalue weighted by molar-refractivity contribution is -0.0776. The molecule has 3 heteroatoms. The summed E-state index contributed by atoms with van der Waals surface area (Å²) in [6.45, 7) is -0.0756. The van der Waals surface area contributed by atoms with Crippen LogP contribution in [0.15, 0.2) is 0 Å². The van der Waals surface area contributed by atoms with Gasteiger partial charge in [0.05, 0.1) is 12.2 Å². The van der Waals surface area contributed by atoms with Crippen LogP contribution in [0.3, 0.4) is 0 Å². The average Bonchev–Trinajstić information content (AvgIpc) is 2.32. The number of aliphatic hydroxyl groups excluding tert-OH is 1. The third kappa shape index (κ3) is 1.16. The molecule has 2 aliphatic heterocycles. The summed E-state index contributed by atoms with van der Waals surface area (Å²) in [5.74, 6) is 0. The first-order chi connectivity index (χ1) is 5.64. The van der Waals surface area contributed by atoms with Gasteiger partial charge < -0.3 is 15.1 Å². The molecule has 2 N–H and O–H groups in total. The highest BCUT2D eigenvalue weighted by molar-refractivity contribution is 5.00. The highest BCUT2D eigenvalue weighted by Crippen LogP contribution is 2.39. The molecule has 3 atom stereocenters. The minimum absolute atomic E-state index is 0.0756. The van der Waals surface area contributed by atoms with Gasteiger partial charge in [0, 0.05) is 12.1 Å². The molecule has 0 aromatic heterocycles. The van der Waals surface area contributed by atoms with Crippen LogP contribution in [0.25, 0.3) is 0 Å². The Morgan fingerprint density at radius 1 is 1.33 bits per heavy atom. The maximum Gasteiger partial charge on any atom is 0.0907 e. The molecule has 0 saturated carbocycles. The summed E-state index contributed by atoms with van der Waals surface area (Å²) in [7, 11) is 2.12. The Bertz CT molecular complexity index is 169. The molecular formula is C9H17NO2. The summed E-state index contributed by atoms with van der Waals surface area (Å²) in [6.07, 6.45) is 3.86. The summed E-state index contributed by atoms with van der Waals surface area (Å²) in [6, 6.07) is 1.00. The molecule has 12 heavy (non-hydrogen) atoms. The lowest BCUT2D eigenvalue weighted by Gasteiger charge is -2.41. The summed E-state index contributed by atoms with van der Waals surface area (Å²) in [5, 5.41) is 18.9. The van der Waals surface area contributed by atoms with Crippen molar-refractivity contribution in [2.75, 3.05) is 13.7 Å². The summed E-state index contributed by atoms with van der Waals surface area (Å²) in [5.41, 5.74) is -0.779. The van der Waals surface area contributed by atoms with E-state index in [4.69, 9.17) is 5.11 Å². The number of aliphatic hydroxyl groups is 2. The highest BCUT2D eigenvalue weighted by Gasteiger charge is 2.45. The quantitative estimate of drug-likeness (QED) is 0.582. The van der Waals surface area contributed by atoms with Gasteiger partial charge in [-0.05, 0) is 32.7 Å². The molecule has 0 aromatic rings.